The van der Waals surface area contributed by atoms with Gasteiger partial charge in [-0.25, -0.2) is 0 Å². The maximum absolute atomic E-state index is 12.8. The fourth-order valence-electron chi connectivity index (χ4n) is 6.00. The van der Waals surface area contributed by atoms with Crippen LogP contribution in [-0.4, -0.2) is 67.4 Å². The Morgan fingerprint density at radius 1 is 0.824 bits per heavy atom. The van der Waals surface area contributed by atoms with E-state index in [9.17, 15) is 15.2 Å². The number of hydrogen-bond acceptors (Lipinski definition) is 7. The minimum Gasteiger partial charge on any atom is -0.478 e. The third-order valence-electron chi connectivity index (χ3n) is 7.34. The molecule has 2 aliphatic rings. The van der Waals surface area contributed by atoms with E-state index in [1.807, 2.05) is 67.5 Å². The molecule has 2 saturated heterocycles. The number of carbonyl (C=O) groups excluding carboxylic acids is 1. The van der Waals surface area contributed by atoms with Gasteiger partial charge in [0.2, 0.25) is 0 Å². The highest BCUT2D eigenvalue weighted by Crippen LogP contribution is 2.37. The molecule has 192 valence electrons. The van der Waals surface area contributed by atoms with E-state index in [1.54, 1.807) is 12.1 Å². The SMILES string of the molecule is CC1(C)CC(NCOc2ccc(C(=O)NC3CC(C)(C)N(O)C(C)(C)C3)cc2)CC(C)(C)N1O. The topological polar surface area (TPSA) is 97.3 Å². The number of nitrogens with zero attached hydrogens (tertiary/aromatic N) is 2. The number of hydrogen-bond donors (Lipinski definition) is 4. The van der Waals surface area contributed by atoms with Crippen molar-refractivity contribution in [3.63, 3.8) is 0 Å². The average molecular weight is 477 g/mol. The highest BCUT2D eigenvalue weighted by Gasteiger charge is 2.46. The van der Waals surface area contributed by atoms with Gasteiger partial charge in [-0.05, 0) is 105 Å². The summed E-state index contributed by atoms with van der Waals surface area (Å²) in [6, 6.07) is 7.39. The van der Waals surface area contributed by atoms with E-state index in [-0.39, 0.29) is 29.1 Å². The number of carbonyl (C=O) groups is 1. The zero-order valence-electron chi connectivity index (χ0n) is 22.1. The molecule has 0 bridgehead atoms. The molecule has 0 saturated carbocycles. The van der Waals surface area contributed by atoms with Crippen molar-refractivity contribution in [3.05, 3.63) is 29.8 Å². The lowest BCUT2D eigenvalue weighted by Crippen LogP contribution is -2.62. The second-order valence-electron chi connectivity index (χ2n) is 12.6. The molecule has 2 heterocycles. The van der Waals surface area contributed by atoms with Gasteiger partial charge in [0, 0.05) is 39.8 Å². The summed E-state index contributed by atoms with van der Waals surface area (Å²) in [4.78, 5) is 12.8. The van der Waals surface area contributed by atoms with Crippen LogP contribution < -0.4 is 15.4 Å². The Hall–Kier alpha value is -1.71. The number of nitrogens with one attached hydrogen (secondary N) is 2. The van der Waals surface area contributed by atoms with E-state index in [0.717, 1.165) is 12.8 Å². The molecule has 3 rings (SSSR count). The van der Waals surface area contributed by atoms with E-state index in [2.05, 4.69) is 10.6 Å². The molecule has 2 fully saturated rings. The molecule has 0 spiro atoms. The summed E-state index contributed by atoms with van der Waals surface area (Å²) >= 11 is 0. The number of benzene rings is 1. The highest BCUT2D eigenvalue weighted by atomic mass is 16.5. The lowest BCUT2D eigenvalue weighted by Gasteiger charge is -2.51. The summed E-state index contributed by atoms with van der Waals surface area (Å²) in [7, 11) is 0. The van der Waals surface area contributed by atoms with Crippen LogP contribution in [0.5, 0.6) is 5.75 Å². The van der Waals surface area contributed by atoms with Crippen molar-refractivity contribution in [2.45, 2.75) is 115 Å². The van der Waals surface area contributed by atoms with Crippen molar-refractivity contribution in [1.29, 1.82) is 0 Å². The predicted octanol–water partition coefficient (Wildman–Crippen LogP) is 4.16. The van der Waals surface area contributed by atoms with Gasteiger partial charge in [-0.2, -0.15) is 10.1 Å². The standard InChI is InChI=1S/C26H44N4O4/c1-23(2)13-19(14-24(3,4)29(23)32)27-17-34-21-11-9-18(10-12-21)22(31)28-20-15-25(5,6)30(33)26(7,8)16-20/h9-12,19-20,27,32-33H,13-17H2,1-8H3,(H,28,31). The summed E-state index contributed by atoms with van der Waals surface area (Å²) in [5.74, 6) is 0.575. The van der Waals surface area contributed by atoms with E-state index in [0.29, 0.717) is 30.9 Å². The third kappa shape index (κ3) is 5.91. The fourth-order valence-corrected chi connectivity index (χ4v) is 6.00. The van der Waals surface area contributed by atoms with Gasteiger partial charge in [0.25, 0.3) is 5.91 Å². The first kappa shape index (κ1) is 26.9. The van der Waals surface area contributed by atoms with Crippen molar-refractivity contribution >= 4 is 5.91 Å². The molecule has 1 aromatic rings. The molecule has 0 aliphatic carbocycles. The van der Waals surface area contributed by atoms with Crippen LogP contribution in [0.4, 0.5) is 0 Å². The Labute approximate surface area is 204 Å². The van der Waals surface area contributed by atoms with Gasteiger partial charge in [-0.1, -0.05) is 0 Å². The van der Waals surface area contributed by atoms with Gasteiger partial charge in [-0.15, -0.1) is 0 Å². The molecular weight excluding hydrogens is 432 g/mol. The third-order valence-corrected chi connectivity index (χ3v) is 7.34. The van der Waals surface area contributed by atoms with Gasteiger partial charge in [0.15, 0.2) is 0 Å². The van der Waals surface area contributed by atoms with Crippen LogP contribution in [0.3, 0.4) is 0 Å². The summed E-state index contributed by atoms with van der Waals surface area (Å²) in [5.41, 5.74) is -0.869. The highest BCUT2D eigenvalue weighted by molar-refractivity contribution is 5.94. The molecule has 4 N–H and O–H groups in total. The Bertz CT molecular complexity index is 830. The van der Waals surface area contributed by atoms with E-state index in [4.69, 9.17) is 4.74 Å². The van der Waals surface area contributed by atoms with Crippen LogP contribution >= 0.6 is 0 Å². The zero-order valence-corrected chi connectivity index (χ0v) is 22.1. The lowest BCUT2D eigenvalue weighted by molar-refractivity contribution is -0.246. The van der Waals surface area contributed by atoms with Crippen molar-refractivity contribution in [1.82, 2.24) is 20.8 Å². The molecule has 8 nitrogen and oxygen atoms in total. The predicted molar refractivity (Wildman–Crippen MR) is 132 cm³/mol. The first-order valence-corrected chi connectivity index (χ1v) is 12.3. The van der Waals surface area contributed by atoms with Crippen molar-refractivity contribution in [2.75, 3.05) is 6.73 Å². The maximum Gasteiger partial charge on any atom is 0.251 e. The van der Waals surface area contributed by atoms with Gasteiger partial charge in [0.05, 0.1) is 0 Å². The minimum atomic E-state index is -0.414. The molecule has 1 aromatic carbocycles. The fraction of sp³-hybridized carbons (Fsp3) is 0.731. The Balaban J connectivity index is 1.51. The molecule has 8 heteroatoms. The smallest absolute Gasteiger partial charge is 0.251 e. The Kier molecular flexibility index (Phi) is 7.43. The van der Waals surface area contributed by atoms with Crippen LogP contribution in [0, 0.1) is 0 Å². The summed E-state index contributed by atoms with van der Waals surface area (Å²) in [6.07, 6.45) is 2.99. The number of piperidine rings is 2. The van der Waals surface area contributed by atoms with Gasteiger partial charge in [-0.3, -0.25) is 10.1 Å². The number of rotatable bonds is 6. The Morgan fingerprint density at radius 3 is 1.68 bits per heavy atom. The van der Waals surface area contributed by atoms with E-state index in [1.165, 1.54) is 10.1 Å². The van der Waals surface area contributed by atoms with Crippen LogP contribution in [-0.2, 0) is 0 Å². The monoisotopic (exact) mass is 476 g/mol. The lowest BCUT2D eigenvalue weighted by atomic mass is 9.79. The molecular formula is C26H44N4O4. The summed E-state index contributed by atoms with van der Waals surface area (Å²) < 4.78 is 5.87. The van der Waals surface area contributed by atoms with Crippen LogP contribution in [0.2, 0.25) is 0 Å². The van der Waals surface area contributed by atoms with Crippen molar-refractivity contribution in [3.8, 4) is 5.75 Å². The Morgan fingerprint density at radius 2 is 1.24 bits per heavy atom. The van der Waals surface area contributed by atoms with Gasteiger partial charge < -0.3 is 20.5 Å². The minimum absolute atomic E-state index is 0.0140. The normalized spacial score (nSPS) is 25.1. The van der Waals surface area contributed by atoms with Gasteiger partial charge >= 0.3 is 0 Å². The molecule has 0 radical (unpaired) electrons. The zero-order chi connectivity index (χ0) is 25.5. The van der Waals surface area contributed by atoms with E-state index >= 15 is 0 Å². The number of hydroxylamine groups is 4. The molecule has 0 aromatic heterocycles. The maximum atomic E-state index is 12.8. The largest absolute Gasteiger partial charge is 0.478 e. The average Bonchev–Trinajstić information content (AvgIpc) is 2.70. The number of ether oxygens (including phenoxy) is 1. The molecule has 0 unspecified atom stereocenters. The van der Waals surface area contributed by atoms with Gasteiger partial charge in [0.1, 0.15) is 12.5 Å². The first-order valence-electron chi connectivity index (χ1n) is 12.3. The summed E-state index contributed by atoms with van der Waals surface area (Å²) in [6.45, 7) is 16.5. The van der Waals surface area contributed by atoms with Crippen molar-refractivity contribution in [2.24, 2.45) is 0 Å². The second-order valence-corrected chi connectivity index (χ2v) is 12.6. The first-order chi connectivity index (χ1) is 15.5. The molecule has 34 heavy (non-hydrogen) atoms. The van der Waals surface area contributed by atoms with Crippen LogP contribution in [0.25, 0.3) is 0 Å². The molecule has 1 amide bonds. The van der Waals surface area contributed by atoms with Crippen molar-refractivity contribution < 1.29 is 19.9 Å². The number of amides is 1. The van der Waals surface area contributed by atoms with Crippen LogP contribution in [0.1, 0.15) is 91.4 Å². The van der Waals surface area contributed by atoms with E-state index < -0.39 is 11.1 Å². The molecule has 0 atom stereocenters. The quantitative estimate of drug-likeness (QED) is 0.458. The molecule has 2 aliphatic heterocycles. The van der Waals surface area contributed by atoms with Crippen LogP contribution in [0.15, 0.2) is 24.3 Å². The summed E-state index contributed by atoms with van der Waals surface area (Å²) in [5, 5.41) is 30.4. The second kappa shape index (κ2) is 9.39.